The molecule has 1 aliphatic carbocycles. The fourth-order valence-corrected chi connectivity index (χ4v) is 13.7. The summed E-state index contributed by atoms with van der Waals surface area (Å²) in [6.45, 7) is 12.0. The first-order valence-corrected chi connectivity index (χ1v) is 28.0. The fourth-order valence-electron chi connectivity index (χ4n) is 13.7. The number of fused-ring (bicyclic) bond motifs is 3. The molecule has 6 fully saturated rings. The maximum absolute atomic E-state index is 15.4. The average Bonchev–Trinajstić information content (AvgIpc) is 4.18. The number of amides is 5. The molecule has 17 heteroatoms. The van der Waals surface area contributed by atoms with Gasteiger partial charge in [0.25, 0.3) is 0 Å². The summed E-state index contributed by atoms with van der Waals surface area (Å²) in [5.41, 5.74) is 5.80. The number of carbonyl (C=O) groups excluding carboxylic acids is 5. The lowest BCUT2D eigenvalue weighted by Gasteiger charge is -2.48. The van der Waals surface area contributed by atoms with E-state index in [0.717, 1.165) is 91.0 Å². The van der Waals surface area contributed by atoms with E-state index < -0.39 is 16.6 Å². The topological polar surface area (TPSA) is 169 Å². The molecule has 5 amide bonds. The number of imide groups is 1. The van der Waals surface area contributed by atoms with Crippen molar-refractivity contribution in [1.82, 2.24) is 39.5 Å². The molecule has 1 spiro atoms. The molecule has 9 heterocycles. The largest absolute Gasteiger partial charge is 0.371 e. The number of imidazole rings is 1. The highest BCUT2D eigenvalue weighted by Gasteiger charge is 2.56. The minimum Gasteiger partial charge on any atom is -0.371 e. The van der Waals surface area contributed by atoms with Crippen molar-refractivity contribution in [2.24, 2.45) is 11.3 Å². The van der Waals surface area contributed by atoms with Gasteiger partial charge in [0.15, 0.2) is 11.6 Å². The predicted molar refractivity (Wildman–Crippen MR) is 288 cm³/mol. The molecule has 7 aliphatic rings. The number of nitrogens with zero attached hydrogens (tertiary/aromatic N) is 9. The van der Waals surface area contributed by atoms with Gasteiger partial charge in [0.05, 0.1) is 40.8 Å². The minimum atomic E-state index is -0.759. The van der Waals surface area contributed by atoms with Gasteiger partial charge in [-0.2, -0.15) is 0 Å². The number of nitrogens with one attached hydrogen (secondary N) is 2. The van der Waals surface area contributed by atoms with Gasteiger partial charge in [-0.15, -0.1) is 0 Å². The molecule has 12 rings (SSSR count). The van der Waals surface area contributed by atoms with Crippen LogP contribution in [0.4, 0.5) is 27.3 Å². The summed E-state index contributed by atoms with van der Waals surface area (Å²) >= 11 is 0. The number of likely N-dealkylation sites (tertiary alicyclic amines) is 3. The van der Waals surface area contributed by atoms with Crippen molar-refractivity contribution in [2.75, 3.05) is 67.5 Å². The number of carbonyl (C=O) groups is 5. The third kappa shape index (κ3) is 8.98. The Labute approximate surface area is 443 Å². The minimum absolute atomic E-state index is 0.0667. The summed E-state index contributed by atoms with van der Waals surface area (Å²) < 4.78 is 17.1. The van der Waals surface area contributed by atoms with Gasteiger partial charge >= 0.3 is 0 Å². The molecule has 5 saturated heterocycles. The van der Waals surface area contributed by atoms with Crippen LogP contribution in [0.25, 0.3) is 22.3 Å². The lowest BCUT2D eigenvalue weighted by atomic mass is 9.72. The van der Waals surface area contributed by atoms with Crippen LogP contribution in [0.2, 0.25) is 0 Å². The van der Waals surface area contributed by atoms with Crippen molar-refractivity contribution in [2.45, 2.75) is 134 Å². The number of benzene rings is 2. The molecule has 1 atom stereocenters. The van der Waals surface area contributed by atoms with E-state index >= 15 is 9.18 Å². The van der Waals surface area contributed by atoms with Crippen LogP contribution < -0.4 is 20.4 Å². The van der Waals surface area contributed by atoms with Crippen LogP contribution in [0.5, 0.6) is 0 Å². The smallest absolute Gasteiger partial charge is 0.238 e. The van der Waals surface area contributed by atoms with Crippen molar-refractivity contribution in [3.63, 3.8) is 0 Å². The third-order valence-electron chi connectivity index (χ3n) is 18.5. The Morgan fingerprint density at radius 1 is 0.816 bits per heavy atom. The van der Waals surface area contributed by atoms with Gasteiger partial charge in [-0.25, -0.2) is 14.4 Å². The number of hydrogen-bond acceptors (Lipinski definition) is 11. The molecule has 398 valence electrons. The zero-order valence-corrected chi connectivity index (χ0v) is 44.1. The number of anilines is 4. The number of halogens is 1. The molecule has 1 saturated carbocycles. The Morgan fingerprint density at radius 2 is 1.54 bits per heavy atom. The Balaban J connectivity index is 0.722. The van der Waals surface area contributed by atoms with Crippen LogP contribution in [0, 0.1) is 17.2 Å². The summed E-state index contributed by atoms with van der Waals surface area (Å²) in [4.78, 5) is 92.9. The summed E-state index contributed by atoms with van der Waals surface area (Å²) in [7, 11) is 0. The van der Waals surface area contributed by atoms with Crippen LogP contribution in [0.1, 0.15) is 127 Å². The van der Waals surface area contributed by atoms with Crippen molar-refractivity contribution >= 4 is 63.4 Å². The Morgan fingerprint density at radius 3 is 2.24 bits per heavy atom. The normalized spacial score (nSPS) is 24.0. The van der Waals surface area contributed by atoms with Gasteiger partial charge in [0.1, 0.15) is 5.52 Å². The van der Waals surface area contributed by atoms with Crippen LogP contribution in [0.15, 0.2) is 73.3 Å². The first kappa shape index (κ1) is 50.1. The van der Waals surface area contributed by atoms with E-state index in [-0.39, 0.29) is 59.1 Å². The summed E-state index contributed by atoms with van der Waals surface area (Å²) in [5.74, 6) is -0.418. The highest BCUT2D eigenvalue weighted by atomic mass is 19.1. The maximum Gasteiger partial charge on any atom is 0.238 e. The van der Waals surface area contributed by atoms with E-state index in [1.165, 1.54) is 25.5 Å². The molecule has 5 aromatic rings. The van der Waals surface area contributed by atoms with Crippen LogP contribution in [-0.4, -0.2) is 128 Å². The summed E-state index contributed by atoms with van der Waals surface area (Å²) in [6, 6.07) is 18.5. The van der Waals surface area contributed by atoms with E-state index in [1.807, 2.05) is 44.7 Å². The molecule has 0 bridgehead atoms. The Hall–Kier alpha value is -6.75. The number of rotatable bonds is 10. The standard InChI is InChI=1S/C59H70FN11O5/c1-37(2)70-36-62-49-34-48(64-53(52(49)70)63-47-15-22-61-35-46(47)60)40-9-13-45-50(31-40)71(43-32-42(33-43)66-23-5-4-6-24-66)57(76)59(45)20-29-69(30-21-59)56(75)58(3)18-27-68(28-19-58)55(74)39-16-25-67(26-17-39)41-10-7-38(8-11-41)44-12-14-51(72)65-54(44)73/h7-11,13,15,22,31,34-37,39,42-44H,4-6,12,14,16-21,23-30,32-33H2,1-3H3,(H,61,63,64)(H,65,72,73)/t42-,43+,44?. The van der Waals surface area contributed by atoms with Crippen molar-refractivity contribution in [3.8, 4) is 11.3 Å². The zero-order chi connectivity index (χ0) is 52.5. The Kier molecular flexibility index (Phi) is 13.2. The summed E-state index contributed by atoms with van der Waals surface area (Å²) in [6.07, 6.45) is 14.7. The molecule has 1 unspecified atom stereocenters. The molecule has 3 aromatic heterocycles. The second-order valence-electron chi connectivity index (χ2n) is 23.3. The van der Waals surface area contributed by atoms with E-state index in [4.69, 9.17) is 9.97 Å². The SMILES string of the molecule is CC(C)n1cnc2cc(-c3ccc4c(c3)N([C@H]3C[C@@H](N5CCCCC5)C3)C(=O)C43CCN(C(=O)C4(C)CCN(C(=O)C5CCN(c6ccc(C7CCC(=O)NC7=O)cc6)CC5)CC4)CC3)nc(Nc3ccncc3F)c21. The molecular weight excluding hydrogens is 962 g/mol. The highest BCUT2D eigenvalue weighted by Crippen LogP contribution is 2.53. The van der Waals surface area contributed by atoms with Gasteiger partial charge in [-0.3, -0.25) is 34.3 Å². The first-order chi connectivity index (χ1) is 36.8. The van der Waals surface area contributed by atoms with Gasteiger partial charge in [0, 0.05) is 98.3 Å². The van der Waals surface area contributed by atoms with Gasteiger partial charge in [0.2, 0.25) is 29.5 Å². The number of pyridine rings is 2. The number of aromatic nitrogens is 4. The maximum atomic E-state index is 15.4. The van der Waals surface area contributed by atoms with Gasteiger partial charge in [-0.1, -0.05) is 37.6 Å². The van der Waals surface area contributed by atoms with Crippen molar-refractivity contribution < 1.29 is 28.4 Å². The molecule has 0 radical (unpaired) electrons. The zero-order valence-electron chi connectivity index (χ0n) is 44.1. The van der Waals surface area contributed by atoms with Gasteiger partial charge < -0.3 is 34.4 Å². The molecule has 16 nitrogen and oxygen atoms in total. The van der Waals surface area contributed by atoms with Crippen molar-refractivity contribution in [3.05, 3.63) is 90.3 Å². The lowest BCUT2D eigenvalue weighted by Crippen LogP contribution is -2.59. The molecule has 2 aromatic carbocycles. The predicted octanol–water partition coefficient (Wildman–Crippen LogP) is 8.25. The van der Waals surface area contributed by atoms with Crippen LogP contribution >= 0.6 is 0 Å². The molecular formula is C59H70FN11O5. The van der Waals surface area contributed by atoms with Crippen LogP contribution in [-0.2, 0) is 29.4 Å². The third-order valence-corrected chi connectivity index (χ3v) is 18.5. The monoisotopic (exact) mass is 1030 g/mol. The second kappa shape index (κ2) is 20.0. The van der Waals surface area contributed by atoms with E-state index in [1.54, 1.807) is 18.6 Å². The average molecular weight is 1030 g/mol. The summed E-state index contributed by atoms with van der Waals surface area (Å²) in [5, 5.41) is 5.70. The van der Waals surface area contributed by atoms with Crippen molar-refractivity contribution in [1.29, 1.82) is 0 Å². The quantitative estimate of drug-likeness (QED) is 0.129. The number of piperidine rings is 5. The molecule has 76 heavy (non-hydrogen) atoms. The van der Waals surface area contributed by atoms with E-state index in [2.05, 4.69) is 69.3 Å². The number of hydrogen-bond donors (Lipinski definition) is 2. The first-order valence-electron chi connectivity index (χ1n) is 28.0. The van der Waals surface area contributed by atoms with E-state index in [0.29, 0.717) is 82.3 Å². The van der Waals surface area contributed by atoms with Crippen LogP contribution in [0.3, 0.4) is 0 Å². The lowest BCUT2D eigenvalue weighted by molar-refractivity contribution is -0.150. The second-order valence-corrected chi connectivity index (χ2v) is 23.3. The Bertz CT molecular complexity index is 3070. The highest BCUT2D eigenvalue weighted by molar-refractivity contribution is 6.10. The molecule has 6 aliphatic heterocycles. The fraction of sp³-hybridized carbons (Fsp3) is 0.525. The van der Waals surface area contributed by atoms with E-state index in [9.17, 15) is 19.2 Å². The van der Waals surface area contributed by atoms with Gasteiger partial charge in [-0.05, 0) is 139 Å². The molecule has 2 N–H and O–H groups in total.